The van der Waals surface area contributed by atoms with Crippen LogP contribution >= 0.6 is 12.4 Å². The lowest BCUT2D eigenvalue weighted by atomic mass is 10.1. The van der Waals surface area contributed by atoms with Crippen LogP contribution in [0.25, 0.3) is 5.69 Å². The maximum atomic E-state index is 12.9. The first-order chi connectivity index (χ1) is 13.7. The molecule has 1 aromatic heterocycles. The molecule has 2 aromatic carbocycles. The van der Waals surface area contributed by atoms with Crippen molar-refractivity contribution in [3.63, 3.8) is 0 Å². The van der Waals surface area contributed by atoms with Crippen molar-refractivity contribution in [1.29, 1.82) is 0 Å². The summed E-state index contributed by atoms with van der Waals surface area (Å²) in [6, 6.07) is 15.8. The Morgan fingerprint density at radius 1 is 1.00 bits per heavy atom. The molecule has 0 radical (unpaired) electrons. The van der Waals surface area contributed by atoms with Crippen molar-refractivity contribution in [3.05, 3.63) is 72.1 Å². The number of carbonyl (C=O) groups is 1. The molecule has 0 saturated carbocycles. The van der Waals surface area contributed by atoms with Crippen LogP contribution in [0.3, 0.4) is 0 Å². The van der Waals surface area contributed by atoms with Crippen LogP contribution in [0.15, 0.2) is 60.9 Å². The summed E-state index contributed by atoms with van der Waals surface area (Å²) < 4.78 is 7.43. The van der Waals surface area contributed by atoms with Crippen LogP contribution in [0.4, 0.5) is 5.95 Å². The summed E-state index contributed by atoms with van der Waals surface area (Å²) in [5.41, 5.74) is 2.93. The van der Waals surface area contributed by atoms with Gasteiger partial charge in [-0.25, -0.2) is 4.98 Å². The zero-order valence-electron chi connectivity index (χ0n) is 16.6. The van der Waals surface area contributed by atoms with Crippen molar-refractivity contribution in [2.24, 2.45) is 0 Å². The van der Waals surface area contributed by atoms with Crippen LogP contribution in [0.5, 0.6) is 5.75 Å². The van der Waals surface area contributed by atoms with Gasteiger partial charge in [-0.3, -0.25) is 9.36 Å². The Morgan fingerprint density at radius 2 is 1.69 bits per heavy atom. The zero-order valence-corrected chi connectivity index (χ0v) is 17.4. The number of piperazine rings is 1. The molecule has 2 heterocycles. The number of hydrogen-bond acceptors (Lipinski definition) is 4. The summed E-state index contributed by atoms with van der Waals surface area (Å²) in [6.07, 6.45) is 3.80. The number of rotatable bonds is 4. The van der Waals surface area contributed by atoms with E-state index in [-0.39, 0.29) is 18.3 Å². The summed E-state index contributed by atoms with van der Waals surface area (Å²) in [6.45, 7) is 4.86. The number of carbonyl (C=O) groups excluding carboxylic acids is 1. The number of methoxy groups -OCH3 is 1. The third-order valence-corrected chi connectivity index (χ3v) is 5.12. The Balaban J connectivity index is 0.00000240. The van der Waals surface area contributed by atoms with E-state index in [1.807, 2.05) is 41.6 Å². The topological polar surface area (TPSA) is 50.6 Å². The summed E-state index contributed by atoms with van der Waals surface area (Å²) in [5.74, 6) is 1.54. The van der Waals surface area contributed by atoms with E-state index in [0.717, 1.165) is 24.7 Å². The number of hydrogen-bond donors (Lipinski definition) is 0. The van der Waals surface area contributed by atoms with Gasteiger partial charge < -0.3 is 14.5 Å². The van der Waals surface area contributed by atoms with Gasteiger partial charge in [0.15, 0.2) is 0 Å². The molecule has 1 fully saturated rings. The van der Waals surface area contributed by atoms with E-state index in [0.29, 0.717) is 24.4 Å². The highest BCUT2D eigenvalue weighted by Gasteiger charge is 2.26. The average molecular weight is 413 g/mol. The molecule has 6 nitrogen and oxygen atoms in total. The van der Waals surface area contributed by atoms with Gasteiger partial charge in [-0.1, -0.05) is 29.8 Å². The van der Waals surface area contributed by atoms with Gasteiger partial charge in [-0.2, -0.15) is 0 Å². The number of benzene rings is 2. The van der Waals surface area contributed by atoms with Gasteiger partial charge in [-0.05, 0) is 31.2 Å². The van der Waals surface area contributed by atoms with E-state index < -0.39 is 0 Å². The van der Waals surface area contributed by atoms with E-state index >= 15 is 0 Å². The molecule has 29 heavy (non-hydrogen) atoms. The fourth-order valence-electron chi connectivity index (χ4n) is 3.54. The van der Waals surface area contributed by atoms with Crippen LogP contribution in [0.1, 0.15) is 15.9 Å². The van der Waals surface area contributed by atoms with Crippen LogP contribution in [-0.2, 0) is 0 Å². The monoisotopic (exact) mass is 412 g/mol. The molecule has 0 atom stereocenters. The van der Waals surface area contributed by atoms with Crippen LogP contribution in [0, 0.1) is 6.92 Å². The summed E-state index contributed by atoms with van der Waals surface area (Å²) >= 11 is 0. The van der Waals surface area contributed by atoms with Crippen molar-refractivity contribution < 1.29 is 9.53 Å². The lowest BCUT2D eigenvalue weighted by Gasteiger charge is -2.35. The molecule has 1 saturated heterocycles. The Labute approximate surface area is 177 Å². The third-order valence-electron chi connectivity index (χ3n) is 5.12. The number of ether oxygens (including phenoxy) is 1. The number of nitrogens with zero attached hydrogens (tertiary/aromatic N) is 4. The molecule has 4 rings (SSSR count). The molecule has 7 heteroatoms. The predicted octanol–water partition coefficient (Wildman–Crippen LogP) is 3.57. The molecular formula is C22H25ClN4O2. The standard InChI is InChI=1S/C22H24N4O2.ClH/c1-17-7-9-18(10-8-17)26-12-11-23-22(26)25-15-13-24(14-16-25)21(27)19-5-3-4-6-20(19)28-2;/h3-12H,13-16H2,1-2H3;1H. The number of anilines is 1. The minimum absolute atomic E-state index is 0. The first-order valence-corrected chi connectivity index (χ1v) is 9.45. The highest BCUT2D eigenvalue weighted by molar-refractivity contribution is 5.97. The highest BCUT2D eigenvalue weighted by atomic mass is 35.5. The smallest absolute Gasteiger partial charge is 0.257 e. The second-order valence-electron chi connectivity index (χ2n) is 6.91. The minimum Gasteiger partial charge on any atom is -0.496 e. The van der Waals surface area contributed by atoms with Gasteiger partial charge >= 0.3 is 0 Å². The van der Waals surface area contributed by atoms with Crippen molar-refractivity contribution in [1.82, 2.24) is 14.5 Å². The normalized spacial score (nSPS) is 13.7. The van der Waals surface area contributed by atoms with Gasteiger partial charge in [-0.15, -0.1) is 12.4 Å². The molecule has 0 aliphatic carbocycles. The minimum atomic E-state index is 0. The summed E-state index contributed by atoms with van der Waals surface area (Å²) in [4.78, 5) is 21.6. The first-order valence-electron chi connectivity index (χ1n) is 9.45. The van der Waals surface area contributed by atoms with Crippen LogP contribution in [-0.4, -0.2) is 53.6 Å². The Kier molecular flexibility index (Phi) is 6.44. The fourth-order valence-corrected chi connectivity index (χ4v) is 3.54. The predicted molar refractivity (Wildman–Crippen MR) is 117 cm³/mol. The second-order valence-corrected chi connectivity index (χ2v) is 6.91. The van der Waals surface area contributed by atoms with E-state index in [1.165, 1.54) is 5.56 Å². The van der Waals surface area contributed by atoms with Crippen molar-refractivity contribution >= 4 is 24.3 Å². The molecule has 1 aliphatic rings. The van der Waals surface area contributed by atoms with Crippen molar-refractivity contribution in [2.75, 3.05) is 38.2 Å². The van der Waals surface area contributed by atoms with E-state index in [4.69, 9.17) is 4.74 Å². The number of aromatic nitrogens is 2. The molecule has 152 valence electrons. The molecular weight excluding hydrogens is 388 g/mol. The van der Waals surface area contributed by atoms with Crippen LogP contribution in [0.2, 0.25) is 0 Å². The first kappa shape index (κ1) is 20.7. The van der Waals surface area contributed by atoms with Gasteiger partial charge in [0.25, 0.3) is 5.91 Å². The lowest BCUT2D eigenvalue weighted by Crippen LogP contribution is -2.49. The number of imidazole rings is 1. The van der Waals surface area contributed by atoms with E-state index in [1.54, 1.807) is 7.11 Å². The Bertz CT molecular complexity index is 963. The van der Waals surface area contributed by atoms with Gasteiger partial charge in [0.2, 0.25) is 5.95 Å². The third kappa shape index (κ3) is 4.22. The number of aryl methyl sites for hydroxylation is 1. The van der Waals surface area contributed by atoms with Gasteiger partial charge in [0, 0.05) is 44.3 Å². The van der Waals surface area contributed by atoms with Crippen LogP contribution < -0.4 is 9.64 Å². The maximum Gasteiger partial charge on any atom is 0.257 e. The number of halogens is 1. The Morgan fingerprint density at radius 3 is 2.38 bits per heavy atom. The van der Waals surface area contributed by atoms with Gasteiger partial charge in [0.1, 0.15) is 5.75 Å². The zero-order chi connectivity index (χ0) is 19.5. The lowest BCUT2D eigenvalue weighted by molar-refractivity contribution is 0.0743. The van der Waals surface area contributed by atoms with E-state index in [9.17, 15) is 4.79 Å². The number of amides is 1. The van der Waals surface area contributed by atoms with Gasteiger partial charge in [0.05, 0.1) is 12.7 Å². The summed E-state index contributed by atoms with van der Waals surface area (Å²) in [5, 5.41) is 0. The molecule has 0 N–H and O–H groups in total. The molecule has 0 unspecified atom stereocenters. The maximum absolute atomic E-state index is 12.9. The van der Waals surface area contributed by atoms with Crippen molar-refractivity contribution in [2.45, 2.75) is 6.92 Å². The SMILES string of the molecule is COc1ccccc1C(=O)N1CCN(c2nccn2-c2ccc(C)cc2)CC1.Cl. The van der Waals surface area contributed by atoms with E-state index in [2.05, 4.69) is 45.6 Å². The highest BCUT2D eigenvalue weighted by Crippen LogP contribution is 2.23. The largest absolute Gasteiger partial charge is 0.496 e. The quantitative estimate of drug-likeness (QED) is 0.657. The molecule has 1 amide bonds. The molecule has 0 spiro atoms. The number of para-hydroxylation sites is 1. The summed E-state index contributed by atoms with van der Waals surface area (Å²) in [7, 11) is 1.59. The molecule has 1 aliphatic heterocycles. The average Bonchev–Trinajstić information content (AvgIpc) is 3.23. The van der Waals surface area contributed by atoms with Crippen molar-refractivity contribution in [3.8, 4) is 11.4 Å². The molecule has 3 aromatic rings. The second kappa shape index (κ2) is 9.01. The Hall–Kier alpha value is -2.99. The molecule has 0 bridgehead atoms. The fraction of sp³-hybridized carbons (Fsp3) is 0.273.